The second-order valence-corrected chi connectivity index (χ2v) is 6.08. The molecule has 1 N–H and O–H groups in total. The van der Waals surface area contributed by atoms with Gasteiger partial charge in [0.2, 0.25) is 0 Å². The lowest BCUT2D eigenvalue weighted by Gasteiger charge is -2.19. The van der Waals surface area contributed by atoms with Crippen molar-refractivity contribution >= 4 is 15.9 Å². The molecule has 17 heavy (non-hydrogen) atoms. The van der Waals surface area contributed by atoms with Crippen LogP contribution in [0.2, 0.25) is 0 Å². The molecule has 94 valence electrons. The summed E-state index contributed by atoms with van der Waals surface area (Å²) in [5.74, 6) is 1.28. The first-order valence-electron chi connectivity index (χ1n) is 6.64. The van der Waals surface area contributed by atoms with Crippen molar-refractivity contribution in [3.05, 3.63) is 34.3 Å². The summed E-state index contributed by atoms with van der Waals surface area (Å²) in [5.41, 5.74) is 1.32. The first kappa shape index (κ1) is 13.1. The molecule has 1 nitrogen and oxygen atoms in total. The van der Waals surface area contributed by atoms with E-state index in [1.54, 1.807) is 0 Å². The summed E-state index contributed by atoms with van der Waals surface area (Å²) in [7, 11) is 0. The van der Waals surface area contributed by atoms with Crippen LogP contribution >= 0.6 is 15.9 Å². The molecule has 0 amide bonds. The van der Waals surface area contributed by atoms with E-state index in [0.717, 1.165) is 12.3 Å². The molecule has 1 aliphatic rings. The van der Waals surface area contributed by atoms with E-state index in [2.05, 4.69) is 34.1 Å². The van der Waals surface area contributed by atoms with Gasteiger partial charge in [-0.3, -0.25) is 0 Å². The van der Waals surface area contributed by atoms with Gasteiger partial charge in [-0.05, 0) is 36.3 Å². The van der Waals surface area contributed by atoms with Gasteiger partial charge in [0, 0.05) is 11.1 Å². The van der Waals surface area contributed by atoms with E-state index < -0.39 is 0 Å². The van der Waals surface area contributed by atoms with Crippen LogP contribution in [0, 0.1) is 11.8 Å². The molecular weight excluding hydrogens is 276 g/mol. The second kappa shape index (κ2) is 6.55. The number of aliphatic hydroxyl groups is 1. The maximum Gasteiger partial charge on any atom is 0.0462 e. The van der Waals surface area contributed by atoms with Gasteiger partial charge in [0.05, 0.1) is 0 Å². The van der Waals surface area contributed by atoms with Crippen molar-refractivity contribution in [2.75, 3.05) is 6.61 Å². The number of rotatable bonds is 5. The Morgan fingerprint density at radius 3 is 2.59 bits per heavy atom. The van der Waals surface area contributed by atoms with Gasteiger partial charge < -0.3 is 5.11 Å². The molecule has 2 heteroatoms. The quantitative estimate of drug-likeness (QED) is 0.864. The fourth-order valence-corrected chi connectivity index (χ4v) is 3.36. The molecule has 0 aromatic heterocycles. The molecule has 1 aliphatic carbocycles. The summed E-state index contributed by atoms with van der Waals surface area (Å²) in [4.78, 5) is 0. The van der Waals surface area contributed by atoms with E-state index >= 15 is 0 Å². The summed E-state index contributed by atoms with van der Waals surface area (Å²) in [6.45, 7) is 0.317. The predicted molar refractivity (Wildman–Crippen MR) is 75.0 cm³/mol. The average Bonchev–Trinajstić information content (AvgIpc) is 2.84. The molecular formula is C15H21BrO. The third-order valence-electron chi connectivity index (χ3n) is 3.87. The summed E-state index contributed by atoms with van der Waals surface area (Å²) >= 11 is 3.59. The lowest BCUT2D eigenvalue weighted by molar-refractivity contribution is 0.200. The molecule has 0 spiro atoms. The van der Waals surface area contributed by atoms with E-state index in [9.17, 15) is 5.11 Å². The Hall–Kier alpha value is -0.340. The van der Waals surface area contributed by atoms with Crippen LogP contribution in [0.15, 0.2) is 28.7 Å². The number of hydrogen-bond donors (Lipinski definition) is 1. The van der Waals surface area contributed by atoms with Gasteiger partial charge in [-0.25, -0.2) is 0 Å². The van der Waals surface area contributed by atoms with Crippen LogP contribution in [0.3, 0.4) is 0 Å². The summed E-state index contributed by atoms with van der Waals surface area (Å²) < 4.78 is 1.17. The van der Waals surface area contributed by atoms with E-state index in [4.69, 9.17) is 0 Å². The van der Waals surface area contributed by atoms with Crippen LogP contribution in [-0.2, 0) is 6.42 Å². The van der Waals surface area contributed by atoms with E-state index in [0.29, 0.717) is 12.5 Å². The third-order valence-corrected chi connectivity index (χ3v) is 4.64. The largest absolute Gasteiger partial charge is 0.396 e. The topological polar surface area (TPSA) is 20.2 Å². The zero-order valence-electron chi connectivity index (χ0n) is 10.2. The number of hydrogen-bond acceptors (Lipinski definition) is 1. The predicted octanol–water partition coefficient (Wildman–Crippen LogP) is 4.18. The number of aliphatic hydroxyl groups excluding tert-OH is 1. The standard InChI is InChI=1S/C15H21BrO/c16-15-8-4-3-7-14(15)10-13(11-17)9-12-5-1-2-6-12/h3-4,7-8,12-13,17H,1-2,5-6,9-11H2. The van der Waals surface area contributed by atoms with Crippen LogP contribution in [-0.4, -0.2) is 11.7 Å². The van der Waals surface area contributed by atoms with Crippen molar-refractivity contribution < 1.29 is 5.11 Å². The first-order chi connectivity index (χ1) is 8.29. The molecule has 1 saturated carbocycles. The normalized spacial score (nSPS) is 18.5. The van der Waals surface area contributed by atoms with Crippen molar-refractivity contribution in [2.45, 2.75) is 38.5 Å². The summed E-state index contributed by atoms with van der Waals surface area (Å²) in [6.07, 6.45) is 7.70. The van der Waals surface area contributed by atoms with E-state index in [1.165, 1.54) is 42.1 Å². The van der Waals surface area contributed by atoms with Crippen molar-refractivity contribution in [1.82, 2.24) is 0 Å². The molecule has 0 bridgehead atoms. The van der Waals surface area contributed by atoms with Crippen LogP contribution in [0.5, 0.6) is 0 Å². The molecule has 0 heterocycles. The van der Waals surface area contributed by atoms with E-state index in [-0.39, 0.29) is 0 Å². The van der Waals surface area contributed by atoms with Crippen LogP contribution in [0.25, 0.3) is 0 Å². The zero-order chi connectivity index (χ0) is 12.1. The van der Waals surface area contributed by atoms with Gasteiger partial charge in [-0.1, -0.05) is 59.8 Å². The minimum atomic E-state index is 0.317. The molecule has 1 fully saturated rings. The maximum absolute atomic E-state index is 9.52. The Morgan fingerprint density at radius 1 is 1.24 bits per heavy atom. The summed E-state index contributed by atoms with van der Waals surface area (Å²) in [5, 5.41) is 9.52. The maximum atomic E-state index is 9.52. The van der Waals surface area contributed by atoms with Crippen molar-refractivity contribution in [3.8, 4) is 0 Å². The van der Waals surface area contributed by atoms with Gasteiger partial charge in [-0.2, -0.15) is 0 Å². The van der Waals surface area contributed by atoms with E-state index in [1.807, 2.05) is 6.07 Å². The van der Waals surface area contributed by atoms with Crippen LogP contribution < -0.4 is 0 Å². The van der Waals surface area contributed by atoms with Gasteiger partial charge in [0.1, 0.15) is 0 Å². The Kier molecular flexibility index (Phi) is 5.05. The monoisotopic (exact) mass is 296 g/mol. The van der Waals surface area contributed by atoms with Crippen molar-refractivity contribution in [3.63, 3.8) is 0 Å². The highest BCUT2D eigenvalue weighted by Crippen LogP contribution is 2.32. The molecule has 1 aromatic rings. The SMILES string of the molecule is OCC(Cc1ccccc1Br)CC1CCCC1. The molecule has 0 radical (unpaired) electrons. The smallest absolute Gasteiger partial charge is 0.0462 e. The Labute approximate surface area is 112 Å². The lowest BCUT2D eigenvalue weighted by atomic mass is 9.89. The highest BCUT2D eigenvalue weighted by atomic mass is 79.9. The Balaban J connectivity index is 1.92. The Bertz CT molecular complexity index is 345. The molecule has 1 unspecified atom stereocenters. The highest BCUT2D eigenvalue weighted by Gasteiger charge is 2.20. The number of benzene rings is 1. The minimum Gasteiger partial charge on any atom is -0.396 e. The highest BCUT2D eigenvalue weighted by molar-refractivity contribution is 9.10. The fourth-order valence-electron chi connectivity index (χ4n) is 2.91. The first-order valence-corrected chi connectivity index (χ1v) is 7.43. The van der Waals surface area contributed by atoms with Crippen molar-refractivity contribution in [1.29, 1.82) is 0 Å². The van der Waals surface area contributed by atoms with Gasteiger partial charge in [-0.15, -0.1) is 0 Å². The number of halogens is 1. The third kappa shape index (κ3) is 3.82. The average molecular weight is 297 g/mol. The fraction of sp³-hybridized carbons (Fsp3) is 0.600. The molecule has 2 rings (SSSR count). The molecule has 1 atom stereocenters. The lowest BCUT2D eigenvalue weighted by Crippen LogP contribution is -2.14. The minimum absolute atomic E-state index is 0.317. The zero-order valence-corrected chi connectivity index (χ0v) is 11.8. The van der Waals surface area contributed by atoms with Crippen LogP contribution in [0.1, 0.15) is 37.7 Å². The Morgan fingerprint density at radius 2 is 1.94 bits per heavy atom. The van der Waals surface area contributed by atoms with Gasteiger partial charge in [0.25, 0.3) is 0 Å². The van der Waals surface area contributed by atoms with Gasteiger partial charge in [0.15, 0.2) is 0 Å². The van der Waals surface area contributed by atoms with Gasteiger partial charge >= 0.3 is 0 Å². The van der Waals surface area contributed by atoms with Crippen LogP contribution in [0.4, 0.5) is 0 Å². The molecule has 0 aliphatic heterocycles. The molecule has 1 aromatic carbocycles. The summed E-state index contributed by atoms with van der Waals surface area (Å²) in [6, 6.07) is 8.35. The van der Waals surface area contributed by atoms with Crippen molar-refractivity contribution in [2.24, 2.45) is 11.8 Å². The molecule has 0 saturated heterocycles. The second-order valence-electron chi connectivity index (χ2n) is 5.23.